The van der Waals surface area contributed by atoms with E-state index >= 15 is 0 Å². The molecule has 0 aliphatic rings. The Bertz CT molecular complexity index is 351. The molecule has 0 bridgehead atoms. The second kappa shape index (κ2) is 3.75. The van der Waals surface area contributed by atoms with Crippen LogP contribution in [-0.2, 0) is 16.0 Å². The minimum atomic E-state index is -1.54. The van der Waals surface area contributed by atoms with Gasteiger partial charge in [-0.15, -0.1) is 0 Å². The summed E-state index contributed by atoms with van der Waals surface area (Å²) in [6.45, 7) is 0. The summed E-state index contributed by atoms with van der Waals surface area (Å²) in [7, 11) is 0. The van der Waals surface area contributed by atoms with Crippen LogP contribution in [-0.4, -0.2) is 21.8 Å². The molecule has 5 heteroatoms. The van der Waals surface area contributed by atoms with Gasteiger partial charge in [0.25, 0.3) is 0 Å². The number of aliphatic carboxylic acids is 1. The molecule has 0 aliphatic carbocycles. The maximum atomic E-state index is 12.5. The second-order valence-corrected chi connectivity index (χ2v) is 2.37. The molecular weight excluding hydrogens is 177 g/mol. The van der Waals surface area contributed by atoms with Gasteiger partial charge >= 0.3 is 5.97 Å². The number of rotatable bonds is 3. The summed E-state index contributed by atoms with van der Waals surface area (Å²) in [4.78, 5) is 24.4. The standard InChI is InChI=1S/C8H6FNO3/c9-5-1-2-10-6(3-5)4-7(11)8(12)13/h1-3H,4H2,(H,12,13). The van der Waals surface area contributed by atoms with Crippen molar-refractivity contribution in [1.82, 2.24) is 4.98 Å². The SMILES string of the molecule is O=C(O)C(=O)Cc1cc(F)ccn1. The average Bonchev–Trinajstić information content (AvgIpc) is 2.04. The zero-order valence-corrected chi connectivity index (χ0v) is 6.53. The Hall–Kier alpha value is -1.78. The quantitative estimate of drug-likeness (QED) is 0.689. The van der Waals surface area contributed by atoms with Gasteiger partial charge in [-0.05, 0) is 12.1 Å². The van der Waals surface area contributed by atoms with Gasteiger partial charge in [-0.3, -0.25) is 9.78 Å². The molecule has 68 valence electrons. The van der Waals surface area contributed by atoms with Crippen LogP contribution in [0.25, 0.3) is 0 Å². The van der Waals surface area contributed by atoms with Crippen molar-refractivity contribution in [3.8, 4) is 0 Å². The van der Waals surface area contributed by atoms with Crippen molar-refractivity contribution < 1.29 is 19.1 Å². The molecule has 13 heavy (non-hydrogen) atoms. The summed E-state index contributed by atoms with van der Waals surface area (Å²) in [6, 6.07) is 2.15. The number of carbonyl (C=O) groups excluding carboxylic acids is 1. The zero-order chi connectivity index (χ0) is 9.84. The Kier molecular flexibility index (Phi) is 2.69. The van der Waals surface area contributed by atoms with E-state index in [0.29, 0.717) is 0 Å². The third-order valence-electron chi connectivity index (χ3n) is 1.36. The highest BCUT2D eigenvalue weighted by Gasteiger charge is 2.12. The van der Waals surface area contributed by atoms with Crippen LogP contribution in [0.1, 0.15) is 5.69 Å². The van der Waals surface area contributed by atoms with Gasteiger partial charge < -0.3 is 5.11 Å². The summed E-state index contributed by atoms with van der Waals surface area (Å²) >= 11 is 0. The lowest BCUT2D eigenvalue weighted by Crippen LogP contribution is -2.15. The van der Waals surface area contributed by atoms with E-state index in [2.05, 4.69) is 4.98 Å². The first kappa shape index (κ1) is 9.31. The molecule has 1 N–H and O–H groups in total. The van der Waals surface area contributed by atoms with Crippen LogP contribution in [0.5, 0.6) is 0 Å². The molecule has 0 spiro atoms. The number of halogens is 1. The number of Topliss-reactive ketones (excluding diaryl/α,β-unsaturated/α-hetero) is 1. The molecule has 0 aromatic carbocycles. The van der Waals surface area contributed by atoms with Gasteiger partial charge in [0.05, 0.1) is 12.1 Å². The maximum absolute atomic E-state index is 12.5. The van der Waals surface area contributed by atoms with Gasteiger partial charge in [-0.25, -0.2) is 9.18 Å². The van der Waals surface area contributed by atoms with E-state index in [9.17, 15) is 14.0 Å². The predicted molar refractivity (Wildman–Crippen MR) is 40.5 cm³/mol. The van der Waals surface area contributed by atoms with E-state index in [4.69, 9.17) is 5.11 Å². The van der Waals surface area contributed by atoms with Gasteiger partial charge in [-0.2, -0.15) is 0 Å². The minimum Gasteiger partial charge on any atom is -0.475 e. The van der Waals surface area contributed by atoms with E-state index in [1.807, 2.05) is 0 Å². The number of carboxylic acids is 1. The summed E-state index contributed by atoms with van der Waals surface area (Å²) in [5.74, 6) is -3.08. The Morgan fingerprint density at radius 2 is 2.23 bits per heavy atom. The summed E-state index contributed by atoms with van der Waals surface area (Å²) in [6.07, 6.45) is 0.799. The van der Waals surface area contributed by atoms with Crippen LogP contribution in [0.15, 0.2) is 18.3 Å². The van der Waals surface area contributed by atoms with Crippen LogP contribution in [0.4, 0.5) is 4.39 Å². The number of ketones is 1. The van der Waals surface area contributed by atoms with Crippen molar-refractivity contribution in [2.45, 2.75) is 6.42 Å². The summed E-state index contributed by atoms with van der Waals surface area (Å²) in [5.41, 5.74) is 0.118. The van der Waals surface area contributed by atoms with Gasteiger partial charge in [-0.1, -0.05) is 0 Å². The molecule has 0 fully saturated rings. The van der Waals surface area contributed by atoms with Gasteiger partial charge in [0, 0.05) is 6.20 Å². The van der Waals surface area contributed by atoms with E-state index in [1.165, 1.54) is 6.20 Å². The van der Waals surface area contributed by atoms with Crippen molar-refractivity contribution in [2.24, 2.45) is 0 Å². The van der Waals surface area contributed by atoms with E-state index in [0.717, 1.165) is 12.1 Å². The molecule has 0 radical (unpaired) electrons. The first-order valence-electron chi connectivity index (χ1n) is 3.46. The van der Waals surface area contributed by atoms with Gasteiger partial charge in [0.2, 0.25) is 5.78 Å². The number of nitrogens with zero attached hydrogens (tertiary/aromatic N) is 1. The van der Waals surface area contributed by atoms with Crippen LogP contribution in [0, 0.1) is 5.82 Å². The molecule has 4 nitrogen and oxygen atoms in total. The van der Waals surface area contributed by atoms with E-state index < -0.39 is 17.6 Å². The number of hydrogen-bond acceptors (Lipinski definition) is 3. The fraction of sp³-hybridized carbons (Fsp3) is 0.125. The van der Waals surface area contributed by atoms with Crippen molar-refractivity contribution in [2.75, 3.05) is 0 Å². The van der Waals surface area contributed by atoms with Crippen molar-refractivity contribution >= 4 is 11.8 Å². The van der Waals surface area contributed by atoms with Crippen LogP contribution in [0.3, 0.4) is 0 Å². The summed E-state index contributed by atoms with van der Waals surface area (Å²) in [5, 5.41) is 8.24. The van der Waals surface area contributed by atoms with Crippen molar-refractivity contribution in [3.63, 3.8) is 0 Å². The Morgan fingerprint density at radius 3 is 2.77 bits per heavy atom. The fourth-order valence-corrected chi connectivity index (χ4v) is 0.786. The monoisotopic (exact) mass is 183 g/mol. The molecule has 0 atom stereocenters. The molecule has 0 saturated heterocycles. The lowest BCUT2D eigenvalue weighted by molar-refractivity contribution is -0.148. The van der Waals surface area contributed by atoms with E-state index in [1.54, 1.807) is 0 Å². The highest BCUT2D eigenvalue weighted by Crippen LogP contribution is 2.00. The first-order chi connectivity index (χ1) is 6.09. The molecule has 1 heterocycles. The fourth-order valence-electron chi connectivity index (χ4n) is 0.786. The third kappa shape index (κ3) is 2.62. The number of pyridine rings is 1. The van der Waals surface area contributed by atoms with Crippen molar-refractivity contribution in [3.05, 3.63) is 29.8 Å². The predicted octanol–water partition coefficient (Wildman–Crippen LogP) is 0.417. The van der Waals surface area contributed by atoms with Crippen LogP contribution in [0.2, 0.25) is 0 Å². The molecule has 0 saturated carbocycles. The van der Waals surface area contributed by atoms with Crippen molar-refractivity contribution in [1.29, 1.82) is 0 Å². The topological polar surface area (TPSA) is 67.3 Å². The number of carbonyl (C=O) groups is 2. The van der Waals surface area contributed by atoms with Gasteiger partial charge in [0.1, 0.15) is 5.82 Å². The number of hydrogen-bond donors (Lipinski definition) is 1. The number of carboxylic acid groups (broad SMARTS) is 1. The average molecular weight is 183 g/mol. The largest absolute Gasteiger partial charge is 0.475 e. The molecular formula is C8H6FNO3. The Balaban J connectivity index is 2.75. The third-order valence-corrected chi connectivity index (χ3v) is 1.36. The molecule has 0 amide bonds. The highest BCUT2D eigenvalue weighted by molar-refractivity contribution is 6.33. The second-order valence-electron chi connectivity index (χ2n) is 2.37. The maximum Gasteiger partial charge on any atom is 0.372 e. The first-order valence-corrected chi connectivity index (χ1v) is 3.46. The van der Waals surface area contributed by atoms with Crippen LogP contribution >= 0.6 is 0 Å². The molecule has 1 aromatic rings. The Labute approximate surface area is 73.0 Å². The van der Waals surface area contributed by atoms with Crippen LogP contribution < -0.4 is 0 Å². The molecule has 0 aliphatic heterocycles. The normalized spacial score (nSPS) is 9.62. The highest BCUT2D eigenvalue weighted by atomic mass is 19.1. The molecule has 0 unspecified atom stereocenters. The smallest absolute Gasteiger partial charge is 0.372 e. The Morgan fingerprint density at radius 1 is 1.54 bits per heavy atom. The molecule has 1 aromatic heterocycles. The lowest BCUT2D eigenvalue weighted by Gasteiger charge is -1.95. The minimum absolute atomic E-state index is 0.118. The zero-order valence-electron chi connectivity index (χ0n) is 6.53. The van der Waals surface area contributed by atoms with Gasteiger partial charge in [0.15, 0.2) is 0 Å². The summed E-state index contributed by atoms with van der Waals surface area (Å²) < 4.78 is 12.5. The molecule has 1 rings (SSSR count). The number of aromatic nitrogens is 1. The lowest BCUT2D eigenvalue weighted by atomic mass is 10.2. The van der Waals surface area contributed by atoms with E-state index in [-0.39, 0.29) is 12.1 Å².